The number of fused-ring (bicyclic) bond motifs is 1. The normalized spacial score (nSPS) is 11.8. The molecule has 0 aliphatic heterocycles. The number of rotatable bonds is 6. The highest BCUT2D eigenvalue weighted by Crippen LogP contribution is 2.22. The minimum absolute atomic E-state index is 0.208. The van der Waals surface area contributed by atoms with Gasteiger partial charge in [-0.25, -0.2) is 8.78 Å². The van der Waals surface area contributed by atoms with Gasteiger partial charge in [0, 0.05) is 25.8 Å². The Labute approximate surface area is 169 Å². The lowest BCUT2D eigenvalue weighted by molar-refractivity contribution is -0.114. The van der Waals surface area contributed by atoms with Crippen molar-refractivity contribution in [1.29, 1.82) is 0 Å². The van der Waals surface area contributed by atoms with E-state index in [1.165, 1.54) is 24.3 Å². The number of benzene rings is 2. The van der Waals surface area contributed by atoms with Crippen molar-refractivity contribution in [2.45, 2.75) is 20.4 Å². The second-order valence-corrected chi connectivity index (χ2v) is 7.12. The summed E-state index contributed by atoms with van der Waals surface area (Å²) >= 11 is 1.18. The zero-order valence-electron chi connectivity index (χ0n) is 15.9. The van der Waals surface area contributed by atoms with Gasteiger partial charge in [0.15, 0.2) is 4.80 Å². The Morgan fingerprint density at radius 3 is 2.59 bits per heavy atom. The zero-order chi connectivity index (χ0) is 21.0. The molecule has 3 rings (SSSR count). The Balaban J connectivity index is 2.11. The highest BCUT2D eigenvalue weighted by Gasteiger charge is 2.17. The molecule has 2 amide bonds. The van der Waals surface area contributed by atoms with Crippen molar-refractivity contribution in [2.24, 2.45) is 4.99 Å². The van der Waals surface area contributed by atoms with Crippen molar-refractivity contribution in [2.75, 3.05) is 18.5 Å². The molecule has 3 aromatic rings. The molecule has 0 fully saturated rings. The third-order valence-electron chi connectivity index (χ3n) is 4.04. The van der Waals surface area contributed by atoms with E-state index in [9.17, 15) is 18.4 Å². The molecule has 0 saturated heterocycles. The molecular weight excluding hydrogens is 400 g/mol. The minimum atomic E-state index is -1.00. The maximum atomic E-state index is 13.9. The first-order valence-electron chi connectivity index (χ1n) is 8.92. The van der Waals surface area contributed by atoms with Gasteiger partial charge in [0.25, 0.3) is 5.91 Å². The second kappa shape index (κ2) is 9.06. The van der Waals surface area contributed by atoms with Crippen LogP contribution in [0.4, 0.5) is 14.5 Å². The van der Waals surface area contributed by atoms with Crippen LogP contribution in [0.2, 0.25) is 0 Å². The smallest absolute Gasteiger partial charge is 0.285 e. The van der Waals surface area contributed by atoms with Crippen LogP contribution in [-0.2, 0) is 16.1 Å². The SMILES string of the molecule is CCOCCn1c(=NC(=O)c2c(F)cccc2F)sc2cc(NC(C)=O)ccc21. The van der Waals surface area contributed by atoms with Gasteiger partial charge in [0.2, 0.25) is 5.91 Å². The molecule has 0 aliphatic carbocycles. The Kier molecular flexibility index (Phi) is 6.50. The molecule has 29 heavy (non-hydrogen) atoms. The molecule has 0 radical (unpaired) electrons. The van der Waals surface area contributed by atoms with E-state index in [0.717, 1.165) is 22.3 Å². The number of nitrogens with one attached hydrogen (secondary N) is 1. The molecule has 0 aliphatic rings. The summed E-state index contributed by atoms with van der Waals surface area (Å²) in [6.45, 7) is 4.58. The van der Waals surface area contributed by atoms with Crippen LogP contribution in [0, 0.1) is 11.6 Å². The van der Waals surface area contributed by atoms with Gasteiger partial charge < -0.3 is 14.6 Å². The van der Waals surface area contributed by atoms with Gasteiger partial charge in [-0.05, 0) is 37.3 Å². The number of carbonyl (C=O) groups excluding carboxylic acids is 2. The van der Waals surface area contributed by atoms with Crippen molar-refractivity contribution in [1.82, 2.24) is 4.57 Å². The third-order valence-corrected chi connectivity index (χ3v) is 5.08. The summed E-state index contributed by atoms with van der Waals surface area (Å²) in [5.41, 5.74) is 0.672. The topological polar surface area (TPSA) is 72.7 Å². The van der Waals surface area contributed by atoms with E-state index >= 15 is 0 Å². The highest BCUT2D eigenvalue weighted by atomic mass is 32.1. The summed E-state index contributed by atoms with van der Waals surface area (Å²) in [6.07, 6.45) is 0. The van der Waals surface area contributed by atoms with Crippen LogP contribution in [0.5, 0.6) is 0 Å². The number of ether oxygens (including phenoxy) is 1. The van der Waals surface area contributed by atoms with Gasteiger partial charge in [-0.15, -0.1) is 0 Å². The third kappa shape index (κ3) is 4.75. The van der Waals surface area contributed by atoms with Crippen molar-refractivity contribution in [3.63, 3.8) is 0 Å². The Hall–Kier alpha value is -2.91. The van der Waals surface area contributed by atoms with E-state index < -0.39 is 23.1 Å². The molecule has 9 heteroatoms. The molecule has 1 N–H and O–H groups in total. The lowest BCUT2D eigenvalue weighted by atomic mass is 10.2. The zero-order valence-corrected chi connectivity index (χ0v) is 16.7. The van der Waals surface area contributed by atoms with Gasteiger partial charge >= 0.3 is 0 Å². The largest absolute Gasteiger partial charge is 0.380 e. The second-order valence-electron chi connectivity index (χ2n) is 6.11. The lowest BCUT2D eigenvalue weighted by Gasteiger charge is -2.06. The van der Waals surface area contributed by atoms with E-state index in [1.54, 1.807) is 22.8 Å². The van der Waals surface area contributed by atoms with Gasteiger partial charge in [0.1, 0.15) is 17.2 Å². The number of carbonyl (C=O) groups is 2. The predicted octanol–water partition coefficient (Wildman–Crippen LogP) is 3.72. The average Bonchev–Trinajstić information content (AvgIpc) is 2.97. The minimum Gasteiger partial charge on any atom is -0.380 e. The van der Waals surface area contributed by atoms with Crippen LogP contribution in [0.25, 0.3) is 10.2 Å². The molecule has 152 valence electrons. The van der Waals surface area contributed by atoms with Crippen LogP contribution >= 0.6 is 11.3 Å². The van der Waals surface area contributed by atoms with Crippen molar-refractivity contribution >= 4 is 39.1 Å². The fourth-order valence-electron chi connectivity index (χ4n) is 2.80. The number of hydrogen-bond acceptors (Lipinski definition) is 4. The summed E-state index contributed by atoms with van der Waals surface area (Å²) in [5.74, 6) is -3.14. The first kappa shape index (κ1) is 20.8. The molecule has 0 spiro atoms. The van der Waals surface area contributed by atoms with E-state index in [-0.39, 0.29) is 10.7 Å². The molecule has 1 aromatic heterocycles. The van der Waals surface area contributed by atoms with Crippen LogP contribution < -0.4 is 10.1 Å². The maximum absolute atomic E-state index is 13.9. The van der Waals surface area contributed by atoms with Crippen molar-refractivity contribution < 1.29 is 23.1 Å². The molecule has 0 unspecified atom stereocenters. The fourth-order valence-corrected chi connectivity index (χ4v) is 3.89. The number of hydrogen-bond donors (Lipinski definition) is 1. The summed E-state index contributed by atoms with van der Waals surface area (Å²) in [5, 5.41) is 2.70. The van der Waals surface area contributed by atoms with Crippen LogP contribution in [-0.4, -0.2) is 29.6 Å². The molecule has 6 nitrogen and oxygen atoms in total. The van der Waals surface area contributed by atoms with E-state index in [1.807, 2.05) is 6.92 Å². The number of thiazole rings is 1. The van der Waals surface area contributed by atoms with Gasteiger partial charge in [-0.1, -0.05) is 17.4 Å². The molecular formula is C20H19F2N3O3S. The molecule has 0 saturated carbocycles. The number of amides is 2. The van der Waals surface area contributed by atoms with Crippen LogP contribution in [0.1, 0.15) is 24.2 Å². The Morgan fingerprint density at radius 2 is 1.93 bits per heavy atom. The first-order valence-corrected chi connectivity index (χ1v) is 9.74. The lowest BCUT2D eigenvalue weighted by Crippen LogP contribution is -2.20. The number of nitrogens with zero attached hydrogens (tertiary/aromatic N) is 2. The maximum Gasteiger partial charge on any atom is 0.285 e. The standard InChI is InChI=1S/C20H19F2N3O3S/c1-3-28-10-9-25-16-8-7-13(23-12(2)26)11-17(16)29-20(25)24-19(27)18-14(21)5-4-6-15(18)22/h4-8,11H,3,9-10H2,1-2H3,(H,23,26). The molecule has 0 atom stereocenters. The van der Waals surface area contributed by atoms with Gasteiger partial charge in [-0.3, -0.25) is 9.59 Å². The van der Waals surface area contributed by atoms with Crippen molar-refractivity contribution in [3.05, 3.63) is 58.4 Å². The quantitative estimate of drug-likeness (QED) is 0.619. The summed E-state index contributed by atoms with van der Waals surface area (Å²) in [6, 6.07) is 8.49. The number of aromatic nitrogens is 1. The van der Waals surface area contributed by atoms with E-state index in [4.69, 9.17) is 4.74 Å². The fraction of sp³-hybridized carbons (Fsp3) is 0.250. The summed E-state index contributed by atoms with van der Waals surface area (Å²) in [4.78, 5) is 28.0. The monoisotopic (exact) mass is 419 g/mol. The number of anilines is 1. The predicted molar refractivity (Wildman–Crippen MR) is 107 cm³/mol. The van der Waals surface area contributed by atoms with Crippen molar-refractivity contribution in [3.8, 4) is 0 Å². The number of halogens is 2. The first-order chi connectivity index (χ1) is 13.9. The summed E-state index contributed by atoms with van der Waals surface area (Å²) < 4.78 is 35.8. The molecule has 0 bridgehead atoms. The average molecular weight is 419 g/mol. The van der Waals surface area contributed by atoms with E-state index in [0.29, 0.717) is 25.4 Å². The van der Waals surface area contributed by atoms with Crippen LogP contribution in [0.15, 0.2) is 41.4 Å². The van der Waals surface area contributed by atoms with Gasteiger partial charge in [0.05, 0.1) is 16.8 Å². The van der Waals surface area contributed by atoms with Crippen LogP contribution in [0.3, 0.4) is 0 Å². The van der Waals surface area contributed by atoms with E-state index in [2.05, 4.69) is 10.3 Å². The molecule has 2 aromatic carbocycles. The Morgan fingerprint density at radius 1 is 1.21 bits per heavy atom. The highest BCUT2D eigenvalue weighted by molar-refractivity contribution is 7.16. The molecule has 1 heterocycles. The van der Waals surface area contributed by atoms with Gasteiger partial charge in [-0.2, -0.15) is 4.99 Å². The summed E-state index contributed by atoms with van der Waals surface area (Å²) in [7, 11) is 0. The Bertz CT molecular complexity index is 1120.